The van der Waals surface area contributed by atoms with Gasteiger partial charge in [-0.3, -0.25) is 4.79 Å². The number of carbonyl (C=O) groups excluding carboxylic acids is 1. The molecule has 0 unspecified atom stereocenters. The molecule has 6 nitrogen and oxygen atoms in total. The first-order valence-corrected chi connectivity index (χ1v) is 6.51. The van der Waals surface area contributed by atoms with Crippen LogP contribution in [0.4, 0.5) is 0 Å². The number of hydrogen-bond acceptors (Lipinski definition) is 5. The van der Waals surface area contributed by atoms with Crippen molar-refractivity contribution in [3.05, 3.63) is 46.3 Å². The summed E-state index contributed by atoms with van der Waals surface area (Å²) < 4.78 is 16.2. The quantitative estimate of drug-likeness (QED) is 0.690. The Morgan fingerprint density at radius 2 is 2.20 bits per heavy atom. The van der Waals surface area contributed by atoms with Gasteiger partial charge in [-0.25, -0.2) is 5.43 Å². The van der Waals surface area contributed by atoms with E-state index in [-0.39, 0.29) is 12.6 Å². The first-order valence-electron chi connectivity index (χ1n) is 5.71. The predicted octanol–water partition coefficient (Wildman–Crippen LogP) is 2.53. The van der Waals surface area contributed by atoms with Crippen LogP contribution in [0, 0.1) is 0 Å². The van der Waals surface area contributed by atoms with Crippen LogP contribution in [0.3, 0.4) is 0 Å². The number of hydrazone groups is 1. The number of ether oxygens (including phenoxy) is 2. The average molecular weight is 337 g/mol. The molecule has 0 saturated carbocycles. The number of amides is 1. The third-order valence-corrected chi connectivity index (χ3v) is 3.02. The summed E-state index contributed by atoms with van der Waals surface area (Å²) in [6.07, 6.45) is 1.49. The molecule has 2 heterocycles. The zero-order valence-corrected chi connectivity index (χ0v) is 11.7. The van der Waals surface area contributed by atoms with Gasteiger partial charge in [0.1, 0.15) is 0 Å². The molecule has 2 aromatic rings. The lowest BCUT2D eigenvalue weighted by atomic mass is 10.2. The number of halogens is 1. The minimum Gasteiger partial charge on any atom is -0.454 e. The Kier molecular flexibility index (Phi) is 3.42. The van der Waals surface area contributed by atoms with Gasteiger partial charge in [0.05, 0.1) is 6.21 Å². The molecule has 1 aromatic heterocycles. The number of rotatable bonds is 3. The van der Waals surface area contributed by atoms with Crippen LogP contribution in [-0.4, -0.2) is 18.9 Å². The molecule has 0 bridgehead atoms. The van der Waals surface area contributed by atoms with Crippen LogP contribution in [0.2, 0.25) is 0 Å². The van der Waals surface area contributed by atoms with E-state index < -0.39 is 5.91 Å². The van der Waals surface area contributed by atoms with Crippen molar-refractivity contribution < 1.29 is 18.7 Å². The Morgan fingerprint density at radius 3 is 3.00 bits per heavy atom. The van der Waals surface area contributed by atoms with Crippen LogP contribution in [0.5, 0.6) is 11.5 Å². The van der Waals surface area contributed by atoms with Gasteiger partial charge in [-0.2, -0.15) is 5.10 Å². The Balaban J connectivity index is 1.69. The summed E-state index contributed by atoms with van der Waals surface area (Å²) in [5.41, 5.74) is 3.09. The van der Waals surface area contributed by atoms with E-state index in [2.05, 4.69) is 26.5 Å². The molecule has 20 heavy (non-hydrogen) atoms. The van der Waals surface area contributed by atoms with E-state index in [1.807, 2.05) is 12.1 Å². The van der Waals surface area contributed by atoms with Crippen LogP contribution in [0.1, 0.15) is 16.1 Å². The fourth-order valence-electron chi connectivity index (χ4n) is 1.71. The number of carbonyl (C=O) groups is 1. The minimum atomic E-state index is -0.434. The standard InChI is InChI=1S/C13H9BrN2O4/c14-11-5-4-10(20-11)13(17)16-15-6-8-2-1-3-9-12(8)19-7-18-9/h1-6H,7H2,(H,16,17)/b15-6-. The maximum atomic E-state index is 11.7. The van der Waals surface area contributed by atoms with E-state index in [0.717, 1.165) is 5.56 Å². The lowest BCUT2D eigenvalue weighted by molar-refractivity contribution is 0.0926. The summed E-state index contributed by atoms with van der Waals surface area (Å²) in [7, 11) is 0. The molecule has 0 saturated heterocycles. The zero-order chi connectivity index (χ0) is 13.9. The number of benzene rings is 1. The molecule has 1 aliphatic heterocycles. The number of nitrogens with zero attached hydrogens (tertiary/aromatic N) is 1. The highest BCUT2D eigenvalue weighted by atomic mass is 79.9. The Morgan fingerprint density at radius 1 is 1.30 bits per heavy atom. The highest BCUT2D eigenvalue weighted by molar-refractivity contribution is 9.10. The number of nitrogens with one attached hydrogen (secondary N) is 1. The van der Waals surface area contributed by atoms with Crippen LogP contribution in [-0.2, 0) is 0 Å². The van der Waals surface area contributed by atoms with E-state index >= 15 is 0 Å². The SMILES string of the molecule is O=C(N/N=C\c1cccc2c1OCO2)c1ccc(Br)o1. The normalized spacial score (nSPS) is 12.8. The molecule has 0 aliphatic carbocycles. The highest BCUT2D eigenvalue weighted by Crippen LogP contribution is 2.34. The predicted molar refractivity (Wildman–Crippen MR) is 74.0 cm³/mol. The van der Waals surface area contributed by atoms with Gasteiger partial charge in [0, 0.05) is 5.56 Å². The Hall–Kier alpha value is -2.28. The van der Waals surface area contributed by atoms with E-state index in [9.17, 15) is 4.79 Å². The summed E-state index contributed by atoms with van der Waals surface area (Å²) in [6, 6.07) is 8.62. The van der Waals surface area contributed by atoms with Gasteiger partial charge in [-0.05, 0) is 40.2 Å². The van der Waals surface area contributed by atoms with Gasteiger partial charge >= 0.3 is 5.91 Å². The smallest absolute Gasteiger partial charge is 0.307 e. The fraction of sp³-hybridized carbons (Fsp3) is 0.0769. The number of fused-ring (bicyclic) bond motifs is 1. The summed E-state index contributed by atoms with van der Waals surface area (Å²) >= 11 is 3.12. The van der Waals surface area contributed by atoms with Crippen LogP contribution >= 0.6 is 15.9 Å². The molecule has 1 aliphatic rings. The summed E-state index contributed by atoms with van der Waals surface area (Å²) in [5, 5.41) is 3.87. The van der Waals surface area contributed by atoms with Gasteiger partial charge in [-0.1, -0.05) is 6.07 Å². The topological polar surface area (TPSA) is 73.1 Å². The maximum absolute atomic E-state index is 11.7. The van der Waals surface area contributed by atoms with E-state index in [4.69, 9.17) is 13.9 Å². The molecule has 3 rings (SSSR count). The van der Waals surface area contributed by atoms with E-state index in [1.165, 1.54) is 6.21 Å². The fourth-order valence-corrected chi connectivity index (χ4v) is 2.01. The maximum Gasteiger partial charge on any atom is 0.307 e. The second-order valence-corrected chi connectivity index (χ2v) is 4.67. The third-order valence-electron chi connectivity index (χ3n) is 2.59. The van der Waals surface area contributed by atoms with Crippen molar-refractivity contribution in [1.29, 1.82) is 0 Å². The van der Waals surface area contributed by atoms with Gasteiger partial charge in [0.15, 0.2) is 21.9 Å². The van der Waals surface area contributed by atoms with Crippen molar-refractivity contribution in [2.24, 2.45) is 5.10 Å². The molecule has 7 heteroatoms. The van der Waals surface area contributed by atoms with Crippen molar-refractivity contribution in [1.82, 2.24) is 5.43 Å². The Bertz CT molecular complexity index is 681. The van der Waals surface area contributed by atoms with Gasteiger partial charge in [0.2, 0.25) is 6.79 Å². The monoisotopic (exact) mass is 336 g/mol. The van der Waals surface area contributed by atoms with Crippen molar-refractivity contribution in [2.75, 3.05) is 6.79 Å². The molecule has 0 atom stereocenters. The second kappa shape index (κ2) is 5.38. The summed E-state index contributed by atoms with van der Waals surface area (Å²) in [6.45, 7) is 0.187. The zero-order valence-electron chi connectivity index (χ0n) is 10.1. The first-order chi connectivity index (χ1) is 9.74. The molecule has 0 radical (unpaired) electrons. The van der Waals surface area contributed by atoms with E-state index in [1.54, 1.807) is 18.2 Å². The average Bonchev–Trinajstić information content (AvgIpc) is 3.07. The van der Waals surface area contributed by atoms with Crippen LogP contribution < -0.4 is 14.9 Å². The van der Waals surface area contributed by atoms with Crippen molar-refractivity contribution in [2.45, 2.75) is 0 Å². The summed E-state index contributed by atoms with van der Waals surface area (Å²) in [5.74, 6) is 1.02. The Labute approximate surface area is 122 Å². The molecule has 1 N–H and O–H groups in total. The van der Waals surface area contributed by atoms with Crippen molar-refractivity contribution in [3.8, 4) is 11.5 Å². The second-order valence-electron chi connectivity index (χ2n) is 3.88. The van der Waals surface area contributed by atoms with Crippen LogP contribution in [0.25, 0.3) is 0 Å². The summed E-state index contributed by atoms with van der Waals surface area (Å²) in [4.78, 5) is 11.7. The van der Waals surface area contributed by atoms with Crippen LogP contribution in [0.15, 0.2) is 44.5 Å². The van der Waals surface area contributed by atoms with Crippen molar-refractivity contribution in [3.63, 3.8) is 0 Å². The number of hydrogen-bond donors (Lipinski definition) is 1. The lowest BCUT2D eigenvalue weighted by Crippen LogP contribution is -2.16. The number of furan rings is 1. The first kappa shape index (κ1) is 12.7. The molecular weight excluding hydrogens is 328 g/mol. The molecule has 0 spiro atoms. The third kappa shape index (κ3) is 2.53. The van der Waals surface area contributed by atoms with Gasteiger partial charge < -0.3 is 13.9 Å². The molecular formula is C13H9BrN2O4. The molecule has 0 fully saturated rings. The van der Waals surface area contributed by atoms with Gasteiger partial charge in [-0.15, -0.1) is 0 Å². The molecule has 1 amide bonds. The number of para-hydroxylation sites is 1. The highest BCUT2D eigenvalue weighted by Gasteiger charge is 2.16. The molecule has 102 valence electrons. The van der Waals surface area contributed by atoms with E-state index in [0.29, 0.717) is 16.2 Å². The minimum absolute atomic E-state index is 0.173. The molecule has 1 aromatic carbocycles. The van der Waals surface area contributed by atoms with Crippen molar-refractivity contribution >= 4 is 28.1 Å². The lowest BCUT2D eigenvalue weighted by Gasteiger charge is -2.00. The van der Waals surface area contributed by atoms with Gasteiger partial charge in [0.25, 0.3) is 0 Å². The largest absolute Gasteiger partial charge is 0.454 e.